The lowest BCUT2D eigenvalue weighted by Crippen LogP contribution is -2.40. The molecule has 0 spiro atoms. The molecule has 1 aliphatic rings. The van der Waals surface area contributed by atoms with Crippen molar-refractivity contribution in [2.75, 3.05) is 17.2 Å². The van der Waals surface area contributed by atoms with Crippen molar-refractivity contribution in [3.63, 3.8) is 0 Å². The molecule has 1 saturated heterocycles. The molecule has 104 valence electrons. The number of benzene rings is 1. The molecule has 2 atom stereocenters. The number of primary amides is 1. The van der Waals surface area contributed by atoms with Gasteiger partial charge in [0.05, 0.1) is 5.56 Å². The predicted molar refractivity (Wildman–Crippen MR) is 79.2 cm³/mol. The number of piperidine rings is 1. The molecule has 1 unspecified atom stereocenters. The predicted octanol–water partition coefficient (Wildman–Crippen LogP) is 2.38. The third kappa shape index (κ3) is 2.83. The van der Waals surface area contributed by atoms with Crippen molar-refractivity contribution in [3.8, 4) is 0 Å². The summed E-state index contributed by atoms with van der Waals surface area (Å²) in [6, 6.07) is 6.06. The van der Waals surface area contributed by atoms with Crippen LogP contribution in [0.5, 0.6) is 0 Å². The van der Waals surface area contributed by atoms with Gasteiger partial charge in [0.25, 0.3) is 5.91 Å². The van der Waals surface area contributed by atoms with E-state index in [-0.39, 0.29) is 0 Å². The summed E-state index contributed by atoms with van der Waals surface area (Å²) in [7, 11) is 0. The average molecular weight is 261 g/mol. The first-order chi connectivity index (χ1) is 9.02. The smallest absolute Gasteiger partial charge is 0.250 e. The Hall–Kier alpha value is -1.71. The van der Waals surface area contributed by atoms with Gasteiger partial charge in [0.1, 0.15) is 0 Å². The highest BCUT2D eigenvalue weighted by atomic mass is 16.1. The van der Waals surface area contributed by atoms with Gasteiger partial charge in [-0.15, -0.1) is 0 Å². The Labute approximate surface area is 114 Å². The Morgan fingerprint density at radius 1 is 1.47 bits per heavy atom. The van der Waals surface area contributed by atoms with Crippen LogP contribution in [0.15, 0.2) is 18.2 Å². The first kappa shape index (κ1) is 13.7. The van der Waals surface area contributed by atoms with E-state index in [2.05, 4.69) is 18.7 Å². The van der Waals surface area contributed by atoms with Gasteiger partial charge in [-0.1, -0.05) is 13.3 Å². The summed E-state index contributed by atoms with van der Waals surface area (Å²) in [5.74, 6) is 0.353. The summed E-state index contributed by atoms with van der Waals surface area (Å²) < 4.78 is 0. The van der Waals surface area contributed by atoms with E-state index >= 15 is 0 Å². The van der Waals surface area contributed by atoms with Crippen LogP contribution < -0.4 is 16.4 Å². The summed E-state index contributed by atoms with van der Waals surface area (Å²) in [5, 5.41) is 0. The molecule has 1 fully saturated rings. The van der Waals surface area contributed by atoms with Crippen LogP contribution in [-0.2, 0) is 0 Å². The number of rotatable bonds is 3. The van der Waals surface area contributed by atoms with E-state index in [1.807, 2.05) is 12.1 Å². The van der Waals surface area contributed by atoms with Gasteiger partial charge in [-0.2, -0.15) is 0 Å². The number of carbonyl (C=O) groups is 1. The largest absolute Gasteiger partial charge is 0.398 e. The van der Waals surface area contributed by atoms with Gasteiger partial charge in [-0.3, -0.25) is 4.79 Å². The van der Waals surface area contributed by atoms with E-state index < -0.39 is 5.91 Å². The molecule has 4 N–H and O–H groups in total. The fourth-order valence-corrected chi connectivity index (χ4v) is 2.96. The van der Waals surface area contributed by atoms with Gasteiger partial charge < -0.3 is 16.4 Å². The fraction of sp³-hybridized carbons (Fsp3) is 0.533. The average Bonchev–Trinajstić information content (AvgIpc) is 2.39. The van der Waals surface area contributed by atoms with Crippen molar-refractivity contribution in [1.29, 1.82) is 0 Å². The molecular formula is C15H23N3O. The summed E-state index contributed by atoms with van der Waals surface area (Å²) in [6.45, 7) is 5.52. The molecule has 1 heterocycles. The summed E-state index contributed by atoms with van der Waals surface area (Å²) in [5.41, 5.74) is 13.0. The standard InChI is InChI=1S/C15H23N3O/c1-3-11-6-7-18(10(2)8-11)12-4-5-14(16)13(9-12)15(17)19/h4-5,9-11H,3,6-8,16H2,1-2H3,(H2,17,19)/t10-,11?/m1/s1. The van der Waals surface area contributed by atoms with Gasteiger partial charge in [0.15, 0.2) is 0 Å². The third-order valence-corrected chi connectivity index (χ3v) is 4.20. The highest BCUT2D eigenvalue weighted by Gasteiger charge is 2.25. The third-order valence-electron chi connectivity index (χ3n) is 4.20. The minimum atomic E-state index is -0.463. The van der Waals surface area contributed by atoms with Crippen LogP contribution in [0.3, 0.4) is 0 Å². The zero-order valence-corrected chi connectivity index (χ0v) is 11.7. The zero-order valence-electron chi connectivity index (χ0n) is 11.7. The van der Waals surface area contributed by atoms with Crippen LogP contribution in [0.4, 0.5) is 11.4 Å². The molecule has 4 heteroatoms. The normalized spacial score (nSPS) is 23.4. The second kappa shape index (κ2) is 5.51. The van der Waals surface area contributed by atoms with Crippen LogP contribution in [0.25, 0.3) is 0 Å². The van der Waals surface area contributed by atoms with Crippen LogP contribution in [0, 0.1) is 5.92 Å². The molecule has 2 rings (SSSR count). The number of hydrogen-bond acceptors (Lipinski definition) is 3. The van der Waals surface area contributed by atoms with Crippen LogP contribution >= 0.6 is 0 Å². The molecule has 0 bridgehead atoms. The Kier molecular flexibility index (Phi) is 3.98. The molecule has 19 heavy (non-hydrogen) atoms. The molecule has 1 aliphatic heterocycles. The maximum Gasteiger partial charge on any atom is 0.250 e. The quantitative estimate of drug-likeness (QED) is 0.820. The molecular weight excluding hydrogens is 238 g/mol. The highest BCUT2D eigenvalue weighted by molar-refractivity contribution is 5.99. The van der Waals surface area contributed by atoms with Gasteiger partial charge in [-0.05, 0) is 43.9 Å². The van der Waals surface area contributed by atoms with Crippen molar-refractivity contribution in [2.24, 2.45) is 11.7 Å². The van der Waals surface area contributed by atoms with Crippen LogP contribution in [0.1, 0.15) is 43.5 Å². The highest BCUT2D eigenvalue weighted by Crippen LogP contribution is 2.31. The molecule has 0 aliphatic carbocycles. The summed E-state index contributed by atoms with van der Waals surface area (Å²) >= 11 is 0. The van der Waals surface area contributed by atoms with E-state index in [0.717, 1.165) is 18.2 Å². The molecule has 4 nitrogen and oxygen atoms in total. The van der Waals surface area contributed by atoms with Gasteiger partial charge in [0, 0.05) is 24.0 Å². The maximum atomic E-state index is 11.4. The van der Waals surface area contributed by atoms with Crippen LogP contribution in [0.2, 0.25) is 0 Å². The number of hydrogen-bond donors (Lipinski definition) is 2. The Bertz CT molecular complexity index is 472. The van der Waals surface area contributed by atoms with E-state index in [1.54, 1.807) is 6.07 Å². The Morgan fingerprint density at radius 3 is 2.79 bits per heavy atom. The lowest BCUT2D eigenvalue weighted by Gasteiger charge is -2.39. The van der Waals surface area contributed by atoms with E-state index in [9.17, 15) is 4.79 Å². The molecule has 0 radical (unpaired) electrons. The fourth-order valence-electron chi connectivity index (χ4n) is 2.96. The molecule has 1 aromatic carbocycles. The second-order valence-corrected chi connectivity index (χ2v) is 5.48. The van der Waals surface area contributed by atoms with Gasteiger partial charge in [0.2, 0.25) is 0 Å². The number of carbonyl (C=O) groups excluding carboxylic acids is 1. The van der Waals surface area contributed by atoms with Crippen LogP contribution in [-0.4, -0.2) is 18.5 Å². The van der Waals surface area contributed by atoms with Crippen molar-refractivity contribution in [2.45, 2.75) is 39.2 Å². The summed E-state index contributed by atoms with van der Waals surface area (Å²) in [4.78, 5) is 13.7. The SMILES string of the molecule is CCC1CCN(c2ccc(N)c(C(N)=O)c2)[C@H](C)C1. The number of nitrogens with two attached hydrogens (primary N) is 2. The number of nitrogens with zero attached hydrogens (tertiary/aromatic N) is 1. The van der Waals surface area contributed by atoms with E-state index in [1.165, 1.54) is 19.3 Å². The Balaban J connectivity index is 2.23. The Morgan fingerprint density at radius 2 is 2.21 bits per heavy atom. The minimum Gasteiger partial charge on any atom is -0.398 e. The molecule has 1 amide bonds. The van der Waals surface area contributed by atoms with Crippen molar-refractivity contribution < 1.29 is 4.79 Å². The minimum absolute atomic E-state index is 0.419. The number of anilines is 2. The van der Waals surface area contributed by atoms with E-state index in [0.29, 0.717) is 17.3 Å². The zero-order chi connectivity index (χ0) is 14.0. The first-order valence-corrected chi connectivity index (χ1v) is 6.98. The van der Waals surface area contributed by atoms with Crippen molar-refractivity contribution >= 4 is 17.3 Å². The summed E-state index contributed by atoms with van der Waals surface area (Å²) in [6.07, 6.45) is 3.65. The molecule has 0 saturated carbocycles. The number of amides is 1. The monoisotopic (exact) mass is 261 g/mol. The molecule has 1 aromatic rings. The van der Waals surface area contributed by atoms with E-state index in [4.69, 9.17) is 11.5 Å². The topological polar surface area (TPSA) is 72.3 Å². The van der Waals surface area contributed by atoms with Gasteiger partial charge >= 0.3 is 0 Å². The second-order valence-electron chi connectivity index (χ2n) is 5.48. The first-order valence-electron chi connectivity index (χ1n) is 6.98. The van der Waals surface area contributed by atoms with Gasteiger partial charge in [-0.25, -0.2) is 0 Å². The van der Waals surface area contributed by atoms with Crippen molar-refractivity contribution in [3.05, 3.63) is 23.8 Å². The molecule has 0 aromatic heterocycles. The number of nitrogen functional groups attached to an aromatic ring is 1. The lowest BCUT2D eigenvalue weighted by atomic mass is 9.89. The van der Waals surface area contributed by atoms with Crippen molar-refractivity contribution in [1.82, 2.24) is 0 Å². The lowest BCUT2D eigenvalue weighted by molar-refractivity contribution is 0.100. The maximum absolute atomic E-state index is 11.4.